The van der Waals surface area contributed by atoms with Gasteiger partial charge in [-0.25, -0.2) is 8.42 Å². The first kappa shape index (κ1) is 26.1. The molecule has 2 saturated heterocycles. The number of sulfone groups is 1. The highest BCUT2D eigenvalue weighted by molar-refractivity contribution is 7.91. The lowest BCUT2D eigenvalue weighted by Gasteiger charge is -2.41. The van der Waals surface area contributed by atoms with Crippen LogP contribution in [0.3, 0.4) is 0 Å². The molecule has 1 aromatic carbocycles. The molecule has 4 rings (SSSR count). The molecule has 35 heavy (non-hydrogen) atoms. The molecule has 1 saturated carbocycles. The summed E-state index contributed by atoms with van der Waals surface area (Å²) in [5.41, 5.74) is 7.33. The van der Waals surface area contributed by atoms with E-state index in [0.29, 0.717) is 42.6 Å². The van der Waals surface area contributed by atoms with Gasteiger partial charge < -0.3 is 10.6 Å². The standard InChI is InChI=1S/C27H41N3O4S/c1-19-7-9-20(10-8-19)17-29(26(31)18-35(2,33)34)13-14-30-22-11-12-23(30)16-21(15-22)24-5-3-4-6-25(24)27(28)32/h3-6,19-23H,7-18H2,1-2H3,(H2,28,32). The van der Waals surface area contributed by atoms with Gasteiger partial charge in [0.25, 0.3) is 0 Å². The van der Waals surface area contributed by atoms with Crippen LogP contribution < -0.4 is 5.73 Å². The van der Waals surface area contributed by atoms with Crippen LogP contribution in [0.1, 0.15) is 80.1 Å². The number of nitrogens with two attached hydrogens (primary N) is 1. The lowest BCUT2D eigenvalue weighted by atomic mass is 9.82. The molecule has 2 N–H and O–H groups in total. The van der Waals surface area contributed by atoms with Gasteiger partial charge in [0, 0.05) is 43.5 Å². The third kappa shape index (κ3) is 6.64. The maximum Gasteiger partial charge on any atom is 0.248 e. The second kappa shape index (κ2) is 11.0. The number of hydrogen-bond donors (Lipinski definition) is 1. The van der Waals surface area contributed by atoms with E-state index in [0.717, 1.165) is 62.8 Å². The fourth-order valence-corrected chi connectivity index (χ4v) is 7.29. The summed E-state index contributed by atoms with van der Waals surface area (Å²) in [7, 11) is -3.36. The Kier molecular flexibility index (Phi) is 8.21. The van der Waals surface area contributed by atoms with Crippen molar-refractivity contribution in [1.29, 1.82) is 0 Å². The molecule has 2 amide bonds. The van der Waals surface area contributed by atoms with Crippen molar-refractivity contribution in [2.75, 3.05) is 31.6 Å². The maximum absolute atomic E-state index is 13.0. The first-order valence-corrected chi connectivity index (χ1v) is 15.3. The van der Waals surface area contributed by atoms with Crippen LogP contribution in [0, 0.1) is 11.8 Å². The summed E-state index contributed by atoms with van der Waals surface area (Å²) in [5, 5.41) is 0. The molecule has 0 radical (unpaired) electrons. The molecule has 1 aliphatic carbocycles. The largest absolute Gasteiger partial charge is 0.366 e. The van der Waals surface area contributed by atoms with Gasteiger partial charge in [0.15, 0.2) is 9.84 Å². The van der Waals surface area contributed by atoms with Crippen LogP contribution in [0.15, 0.2) is 24.3 Å². The number of hydrogen-bond acceptors (Lipinski definition) is 5. The molecular weight excluding hydrogens is 462 g/mol. The Bertz CT molecular complexity index is 1010. The predicted molar refractivity (Wildman–Crippen MR) is 138 cm³/mol. The number of carbonyl (C=O) groups excluding carboxylic acids is 2. The second-order valence-corrected chi connectivity index (χ2v) is 13.4. The molecule has 8 heteroatoms. The average molecular weight is 504 g/mol. The van der Waals surface area contributed by atoms with E-state index in [4.69, 9.17) is 5.73 Å². The van der Waals surface area contributed by atoms with Gasteiger partial charge in [-0.3, -0.25) is 14.5 Å². The monoisotopic (exact) mass is 503 g/mol. The molecule has 0 spiro atoms. The van der Waals surface area contributed by atoms with E-state index in [1.54, 1.807) is 0 Å². The molecule has 2 bridgehead atoms. The average Bonchev–Trinajstić information content (AvgIpc) is 3.03. The zero-order valence-electron chi connectivity index (χ0n) is 21.2. The smallest absolute Gasteiger partial charge is 0.248 e. The highest BCUT2D eigenvalue weighted by Crippen LogP contribution is 2.43. The van der Waals surface area contributed by atoms with Crippen LogP contribution in [0.5, 0.6) is 0 Å². The third-order valence-electron chi connectivity index (χ3n) is 8.53. The van der Waals surface area contributed by atoms with Crippen molar-refractivity contribution >= 4 is 21.7 Å². The van der Waals surface area contributed by atoms with Crippen LogP contribution in [-0.4, -0.2) is 73.8 Å². The van der Waals surface area contributed by atoms with Crippen molar-refractivity contribution in [3.8, 4) is 0 Å². The lowest BCUT2D eigenvalue weighted by Crippen LogP contribution is -2.48. The Morgan fingerprint density at radius 3 is 2.26 bits per heavy atom. The van der Waals surface area contributed by atoms with Gasteiger partial charge in [-0.1, -0.05) is 38.0 Å². The summed E-state index contributed by atoms with van der Waals surface area (Å²) in [6.45, 7) is 4.30. The number of primary amides is 1. The molecule has 2 aliphatic heterocycles. The Morgan fingerprint density at radius 1 is 1.03 bits per heavy atom. The molecule has 2 unspecified atom stereocenters. The topological polar surface area (TPSA) is 101 Å². The van der Waals surface area contributed by atoms with Crippen LogP contribution in [0.25, 0.3) is 0 Å². The Morgan fingerprint density at radius 2 is 1.66 bits per heavy atom. The van der Waals surface area contributed by atoms with Gasteiger partial charge in [0.2, 0.25) is 11.8 Å². The van der Waals surface area contributed by atoms with E-state index in [1.807, 2.05) is 29.2 Å². The van der Waals surface area contributed by atoms with Crippen molar-refractivity contribution < 1.29 is 18.0 Å². The van der Waals surface area contributed by atoms with E-state index >= 15 is 0 Å². The summed E-state index contributed by atoms with van der Waals surface area (Å²) in [6.07, 6.45) is 9.94. The summed E-state index contributed by atoms with van der Waals surface area (Å²) in [4.78, 5) is 29.3. The zero-order valence-corrected chi connectivity index (χ0v) is 22.0. The number of piperidine rings is 1. The summed E-state index contributed by atoms with van der Waals surface area (Å²) >= 11 is 0. The first-order valence-electron chi connectivity index (χ1n) is 13.2. The second-order valence-electron chi connectivity index (χ2n) is 11.3. The molecule has 2 heterocycles. The van der Waals surface area contributed by atoms with Crippen LogP contribution in [-0.2, 0) is 14.6 Å². The molecule has 194 valence electrons. The molecule has 7 nitrogen and oxygen atoms in total. The van der Waals surface area contributed by atoms with Gasteiger partial charge in [0.1, 0.15) is 5.75 Å². The van der Waals surface area contributed by atoms with Crippen LogP contribution in [0.2, 0.25) is 0 Å². The number of nitrogens with zero attached hydrogens (tertiary/aromatic N) is 2. The Balaban J connectivity index is 1.41. The van der Waals surface area contributed by atoms with E-state index in [9.17, 15) is 18.0 Å². The molecule has 1 aromatic rings. The van der Waals surface area contributed by atoms with Crippen molar-refractivity contribution in [3.63, 3.8) is 0 Å². The summed E-state index contributed by atoms with van der Waals surface area (Å²) in [6, 6.07) is 8.54. The highest BCUT2D eigenvalue weighted by atomic mass is 32.2. The van der Waals surface area contributed by atoms with Gasteiger partial charge >= 0.3 is 0 Å². The van der Waals surface area contributed by atoms with Crippen molar-refractivity contribution in [2.45, 2.75) is 76.3 Å². The Labute approximate surface area is 210 Å². The fourth-order valence-electron chi connectivity index (χ4n) is 6.66. The van der Waals surface area contributed by atoms with E-state index < -0.39 is 15.6 Å². The number of fused-ring (bicyclic) bond motifs is 2. The number of amides is 2. The number of benzene rings is 1. The summed E-state index contributed by atoms with van der Waals surface area (Å²) in [5.74, 6) is 0.482. The molecule has 2 atom stereocenters. The number of rotatable bonds is 9. The molecular formula is C27H41N3O4S. The molecule has 3 fully saturated rings. The lowest BCUT2D eigenvalue weighted by molar-refractivity contribution is -0.129. The zero-order chi connectivity index (χ0) is 25.2. The quantitative estimate of drug-likeness (QED) is 0.558. The van der Waals surface area contributed by atoms with E-state index in [-0.39, 0.29) is 11.8 Å². The van der Waals surface area contributed by atoms with Gasteiger partial charge in [0.05, 0.1) is 0 Å². The van der Waals surface area contributed by atoms with Crippen LogP contribution >= 0.6 is 0 Å². The fraction of sp³-hybridized carbons (Fsp3) is 0.704. The van der Waals surface area contributed by atoms with Crippen molar-refractivity contribution in [3.05, 3.63) is 35.4 Å². The minimum Gasteiger partial charge on any atom is -0.366 e. The maximum atomic E-state index is 13.0. The van der Waals surface area contributed by atoms with Gasteiger partial charge in [-0.05, 0) is 67.9 Å². The summed E-state index contributed by atoms with van der Waals surface area (Å²) < 4.78 is 23.7. The van der Waals surface area contributed by atoms with Crippen LogP contribution in [0.4, 0.5) is 0 Å². The highest BCUT2D eigenvalue weighted by Gasteiger charge is 2.41. The van der Waals surface area contributed by atoms with Crippen molar-refractivity contribution in [2.24, 2.45) is 17.6 Å². The SMILES string of the molecule is CC1CCC(CN(CCN2C3CCC2CC(c2ccccc2C(N)=O)C3)C(=O)CS(C)(=O)=O)CC1. The Hall–Kier alpha value is -1.93. The van der Waals surface area contributed by atoms with E-state index in [2.05, 4.69) is 11.8 Å². The molecule has 3 aliphatic rings. The number of carbonyl (C=O) groups is 2. The third-order valence-corrected chi connectivity index (χ3v) is 9.30. The predicted octanol–water partition coefficient (Wildman–Crippen LogP) is 3.20. The van der Waals surface area contributed by atoms with Gasteiger partial charge in [-0.15, -0.1) is 0 Å². The van der Waals surface area contributed by atoms with Gasteiger partial charge in [-0.2, -0.15) is 0 Å². The minimum absolute atomic E-state index is 0.260. The normalized spacial score (nSPS) is 29.1. The molecule has 0 aromatic heterocycles. The van der Waals surface area contributed by atoms with Crippen molar-refractivity contribution in [1.82, 2.24) is 9.80 Å². The van der Waals surface area contributed by atoms with E-state index in [1.165, 1.54) is 12.8 Å². The minimum atomic E-state index is -3.36. The first-order chi connectivity index (χ1) is 16.6.